The van der Waals surface area contributed by atoms with Crippen LogP contribution >= 0.6 is 46.4 Å². The quantitative estimate of drug-likeness (QED) is 0.379. The number of phenols is 2. The number of fused-ring (bicyclic) bond motifs is 6. The highest BCUT2D eigenvalue weighted by Crippen LogP contribution is 2.60. The summed E-state index contributed by atoms with van der Waals surface area (Å²) in [5.41, 5.74) is -0.541. The summed E-state index contributed by atoms with van der Waals surface area (Å²) in [6, 6.07) is 8.48. The van der Waals surface area contributed by atoms with E-state index in [4.69, 9.17) is 55.9 Å². The first-order valence-corrected chi connectivity index (χ1v) is 9.71. The monoisotopic (exact) mass is 468 g/mol. The fraction of sp³-hybridized carbons (Fsp3) is 0.0500. The zero-order chi connectivity index (χ0) is 20.7. The van der Waals surface area contributed by atoms with Gasteiger partial charge in [0.1, 0.15) is 23.0 Å². The molecule has 2 heterocycles. The molecule has 0 fully saturated rings. The number of aromatic hydroxyl groups is 2. The number of carbonyl (C=O) groups is 1. The average molecular weight is 470 g/mol. The molecule has 0 saturated carbocycles. The van der Waals surface area contributed by atoms with Crippen molar-refractivity contribution in [1.82, 2.24) is 0 Å². The van der Waals surface area contributed by atoms with Gasteiger partial charge in [0.05, 0.1) is 20.6 Å². The maximum Gasteiger partial charge on any atom is 0.341 e. The molecular formula is C20H8Cl4O5. The van der Waals surface area contributed by atoms with Crippen LogP contribution in [0.5, 0.6) is 23.0 Å². The Morgan fingerprint density at radius 2 is 1.28 bits per heavy atom. The normalized spacial score (nSPS) is 15.4. The van der Waals surface area contributed by atoms with Crippen molar-refractivity contribution in [2.45, 2.75) is 5.60 Å². The number of rotatable bonds is 0. The molecule has 146 valence electrons. The molecule has 0 saturated heterocycles. The van der Waals surface area contributed by atoms with Gasteiger partial charge in [-0.3, -0.25) is 0 Å². The van der Waals surface area contributed by atoms with E-state index >= 15 is 0 Å². The number of hydrogen-bond acceptors (Lipinski definition) is 5. The Balaban J connectivity index is 1.98. The van der Waals surface area contributed by atoms with Gasteiger partial charge in [-0.2, -0.15) is 0 Å². The molecule has 9 heteroatoms. The second kappa shape index (κ2) is 6.09. The first-order chi connectivity index (χ1) is 13.7. The Kier molecular flexibility index (Phi) is 3.93. The second-order valence-electron chi connectivity index (χ2n) is 6.55. The van der Waals surface area contributed by atoms with Crippen LogP contribution in [0.4, 0.5) is 0 Å². The van der Waals surface area contributed by atoms with Gasteiger partial charge in [0, 0.05) is 33.8 Å². The summed E-state index contributed by atoms with van der Waals surface area (Å²) in [5.74, 6) is -0.830. The highest BCUT2D eigenvalue weighted by Gasteiger charge is 2.56. The van der Waals surface area contributed by atoms with Crippen LogP contribution in [0, 0.1) is 0 Å². The molecule has 5 nitrogen and oxygen atoms in total. The van der Waals surface area contributed by atoms with E-state index in [-0.39, 0.29) is 48.7 Å². The molecule has 5 rings (SSSR count). The Bertz CT molecular complexity index is 1200. The van der Waals surface area contributed by atoms with Crippen molar-refractivity contribution in [3.63, 3.8) is 0 Å². The number of halogens is 4. The molecule has 29 heavy (non-hydrogen) atoms. The summed E-state index contributed by atoms with van der Waals surface area (Å²) in [6.07, 6.45) is 0. The van der Waals surface area contributed by atoms with Crippen LogP contribution in [0.2, 0.25) is 20.1 Å². The molecule has 0 aromatic heterocycles. The van der Waals surface area contributed by atoms with Crippen LogP contribution in [0.1, 0.15) is 27.0 Å². The third kappa shape index (κ3) is 2.39. The van der Waals surface area contributed by atoms with Gasteiger partial charge in [-0.25, -0.2) is 4.79 Å². The third-order valence-corrected chi connectivity index (χ3v) is 6.22. The van der Waals surface area contributed by atoms with Crippen molar-refractivity contribution in [1.29, 1.82) is 0 Å². The highest BCUT2D eigenvalue weighted by molar-refractivity contribution is 6.37. The molecule has 0 aliphatic carbocycles. The Labute approximate surface area is 183 Å². The minimum absolute atomic E-state index is 0.0164. The van der Waals surface area contributed by atoms with Gasteiger partial charge in [0.25, 0.3) is 0 Å². The van der Waals surface area contributed by atoms with Crippen molar-refractivity contribution in [2.75, 3.05) is 0 Å². The number of carbonyl (C=O) groups excluding carboxylic acids is 1. The maximum atomic E-state index is 12.9. The predicted molar refractivity (Wildman–Crippen MR) is 108 cm³/mol. The summed E-state index contributed by atoms with van der Waals surface area (Å²) in [4.78, 5) is 12.9. The van der Waals surface area contributed by atoms with Gasteiger partial charge >= 0.3 is 5.97 Å². The molecule has 0 atom stereocenters. The lowest BCUT2D eigenvalue weighted by atomic mass is 9.77. The maximum absolute atomic E-state index is 12.9. The third-order valence-electron chi connectivity index (χ3n) is 4.98. The van der Waals surface area contributed by atoms with Gasteiger partial charge in [0.2, 0.25) is 0 Å². The lowest BCUT2D eigenvalue weighted by molar-refractivity contribution is 0.0224. The van der Waals surface area contributed by atoms with Crippen LogP contribution in [-0.4, -0.2) is 16.2 Å². The summed E-state index contributed by atoms with van der Waals surface area (Å²) >= 11 is 25.1. The van der Waals surface area contributed by atoms with Crippen molar-refractivity contribution in [2.24, 2.45) is 0 Å². The number of phenolic OH excluding ortho intramolecular Hbond substituents is 2. The Morgan fingerprint density at radius 1 is 0.759 bits per heavy atom. The minimum atomic E-state index is -1.59. The van der Waals surface area contributed by atoms with Gasteiger partial charge in [-0.05, 0) is 24.3 Å². The molecule has 0 amide bonds. The van der Waals surface area contributed by atoms with E-state index < -0.39 is 11.6 Å². The van der Waals surface area contributed by atoms with Crippen LogP contribution < -0.4 is 4.74 Å². The molecule has 0 unspecified atom stereocenters. The van der Waals surface area contributed by atoms with Crippen molar-refractivity contribution in [3.8, 4) is 23.0 Å². The lowest BCUT2D eigenvalue weighted by Gasteiger charge is -2.37. The molecule has 3 aromatic carbocycles. The summed E-state index contributed by atoms with van der Waals surface area (Å²) in [5, 5.41) is 20.5. The SMILES string of the molecule is O=C1OC2(c3cc(Cl)c(O)cc3Oc3cc(O)c(Cl)cc32)c2c(Cl)ccc(Cl)c21. The highest BCUT2D eigenvalue weighted by atomic mass is 35.5. The zero-order valence-electron chi connectivity index (χ0n) is 14.1. The molecule has 1 spiro atoms. The molecule has 3 aromatic rings. The van der Waals surface area contributed by atoms with Crippen LogP contribution in [0.15, 0.2) is 36.4 Å². The predicted octanol–water partition coefficient (Wildman–Crippen LogP) is 6.28. The lowest BCUT2D eigenvalue weighted by Crippen LogP contribution is -2.33. The first kappa shape index (κ1) is 18.7. The molecule has 2 N–H and O–H groups in total. The first-order valence-electron chi connectivity index (χ1n) is 8.19. The van der Waals surface area contributed by atoms with E-state index in [1.807, 2.05) is 0 Å². The molecule has 0 radical (unpaired) electrons. The number of hydrogen-bond donors (Lipinski definition) is 2. The molecular weight excluding hydrogens is 462 g/mol. The molecule has 2 aliphatic heterocycles. The number of benzene rings is 3. The minimum Gasteiger partial charge on any atom is -0.506 e. The van der Waals surface area contributed by atoms with Crippen LogP contribution in [0.3, 0.4) is 0 Å². The van der Waals surface area contributed by atoms with E-state index in [9.17, 15) is 15.0 Å². The van der Waals surface area contributed by atoms with E-state index in [1.54, 1.807) is 6.07 Å². The van der Waals surface area contributed by atoms with Gasteiger partial charge < -0.3 is 19.7 Å². The van der Waals surface area contributed by atoms with Crippen molar-refractivity contribution in [3.05, 3.63) is 78.7 Å². The van der Waals surface area contributed by atoms with E-state index in [0.29, 0.717) is 16.7 Å². The van der Waals surface area contributed by atoms with Gasteiger partial charge in [-0.15, -0.1) is 0 Å². The standard InChI is InChI=1S/C20H8Cl4O5/c21-9-1-2-10(22)18-17(9)19(27)29-20(18)7-3-11(23)13(25)5-15(7)28-16-6-14(26)12(24)4-8(16)20/h1-6,25-26H. The Morgan fingerprint density at radius 3 is 1.83 bits per heavy atom. The summed E-state index contributed by atoms with van der Waals surface area (Å²) < 4.78 is 11.7. The van der Waals surface area contributed by atoms with E-state index in [0.717, 1.165) is 0 Å². The Hall–Kier alpha value is -2.31. The van der Waals surface area contributed by atoms with Crippen LogP contribution in [-0.2, 0) is 10.3 Å². The van der Waals surface area contributed by atoms with Gasteiger partial charge in [-0.1, -0.05) is 46.4 Å². The van der Waals surface area contributed by atoms with Crippen LogP contribution in [0.25, 0.3) is 0 Å². The number of ether oxygens (including phenoxy) is 2. The topological polar surface area (TPSA) is 76.0 Å². The largest absolute Gasteiger partial charge is 0.506 e. The smallest absolute Gasteiger partial charge is 0.341 e. The summed E-state index contributed by atoms with van der Waals surface area (Å²) in [7, 11) is 0. The average Bonchev–Trinajstić information content (AvgIpc) is 2.97. The zero-order valence-corrected chi connectivity index (χ0v) is 17.1. The molecule has 2 aliphatic rings. The van der Waals surface area contributed by atoms with Crippen molar-refractivity contribution >= 4 is 52.4 Å². The number of esters is 1. The van der Waals surface area contributed by atoms with E-state index in [1.165, 1.54) is 30.3 Å². The fourth-order valence-corrected chi connectivity index (χ4v) is 4.64. The second-order valence-corrected chi connectivity index (χ2v) is 8.18. The summed E-state index contributed by atoms with van der Waals surface area (Å²) in [6.45, 7) is 0. The van der Waals surface area contributed by atoms with Crippen molar-refractivity contribution < 1.29 is 24.5 Å². The molecule has 0 bridgehead atoms. The fourth-order valence-electron chi connectivity index (χ4n) is 3.78. The van der Waals surface area contributed by atoms with E-state index in [2.05, 4.69) is 0 Å². The van der Waals surface area contributed by atoms with Gasteiger partial charge in [0.15, 0.2) is 5.60 Å².